The summed E-state index contributed by atoms with van der Waals surface area (Å²) in [7, 11) is 0. The first-order valence-electron chi connectivity index (χ1n) is 5.54. The number of carbonyl (C=O) groups is 2. The van der Waals surface area contributed by atoms with Crippen LogP contribution in [0.3, 0.4) is 0 Å². The summed E-state index contributed by atoms with van der Waals surface area (Å²) < 4.78 is 0. The molecule has 1 rings (SSSR count). The maximum atomic E-state index is 11.7. The molecule has 0 aliphatic rings. The van der Waals surface area contributed by atoms with Crippen molar-refractivity contribution in [2.75, 3.05) is 5.88 Å². The maximum absolute atomic E-state index is 11.7. The quantitative estimate of drug-likeness (QED) is 0.625. The van der Waals surface area contributed by atoms with Gasteiger partial charge in [-0.3, -0.25) is 9.59 Å². The fraction of sp³-hybridized carbons (Fsp3) is 0.385. The molecule has 1 unspecified atom stereocenters. The Kier molecular flexibility index (Phi) is 5.16. The largest absolute Gasteiger partial charge is 0.369 e. The fourth-order valence-corrected chi connectivity index (χ4v) is 1.63. The number of primary amides is 1. The van der Waals surface area contributed by atoms with Gasteiger partial charge in [0.25, 0.3) is 0 Å². The number of Topliss-reactive ketones (excluding diaryl/α,β-unsaturated/α-hetero) is 1. The molecule has 0 fully saturated rings. The van der Waals surface area contributed by atoms with Crippen LogP contribution in [0, 0.1) is 0 Å². The van der Waals surface area contributed by atoms with E-state index in [-0.39, 0.29) is 17.6 Å². The number of benzene rings is 1. The first-order chi connectivity index (χ1) is 8.06. The minimum atomic E-state index is -0.369. The van der Waals surface area contributed by atoms with Crippen LogP contribution in [0.4, 0.5) is 0 Å². The Balaban J connectivity index is 2.74. The molecule has 92 valence electrons. The summed E-state index contributed by atoms with van der Waals surface area (Å²) in [6, 6.07) is 6.99. The second-order valence-corrected chi connectivity index (χ2v) is 4.34. The second-order valence-electron chi connectivity index (χ2n) is 3.96. The zero-order chi connectivity index (χ0) is 12.8. The lowest BCUT2D eigenvalue weighted by Crippen LogP contribution is -2.18. The standard InChI is InChI=1S/C13H16ClNO2/c1-9(13(15)17)10-4-6-11(7-5-10)12(16)3-2-8-14/h4-7,9H,2-3,8H2,1H3,(H2,15,17). The molecule has 0 aliphatic heterocycles. The molecule has 0 aromatic heterocycles. The van der Waals surface area contributed by atoms with Gasteiger partial charge in [0.15, 0.2) is 5.78 Å². The molecule has 0 aliphatic carbocycles. The Labute approximate surface area is 106 Å². The summed E-state index contributed by atoms with van der Waals surface area (Å²) in [5.74, 6) is -0.139. The highest BCUT2D eigenvalue weighted by atomic mass is 35.5. The number of carbonyl (C=O) groups excluding carboxylic acids is 2. The van der Waals surface area contributed by atoms with Gasteiger partial charge in [-0.15, -0.1) is 11.6 Å². The van der Waals surface area contributed by atoms with Crippen LogP contribution >= 0.6 is 11.6 Å². The summed E-state index contributed by atoms with van der Waals surface area (Å²) in [5.41, 5.74) is 6.69. The summed E-state index contributed by atoms with van der Waals surface area (Å²) in [5, 5.41) is 0. The van der Waals surface area contributed by atoms with Crippen LogP contribution in [-0.4, -0.2) is 17.6 Å². The number of hydrogen-bond donors (Lipinski definition) is 1. The lowest BCUT2D eigenvalue weighted by molar-refractivity contribution is -0.119. The van der Waals surface area contributed by atoms with Crippen molar-refractivity contribution in [2.24, 2.45) is 5.73 Å². The molecule has 0 heterocycles. The third-order valence-corrected chi connectivity index (χ3v) is 2.96. The van der Waals surface area contributed by atoms with E-state index < -0.39 is 0 Å². The number of hydrogen-bond acceptors (Lipinski definition) is 2. The van der Waals surface area contributed by atoms with Crippen LogP contribution < -0.4 is 5.73 Å². The first kappa shape index (κ1) is 13.7. The normalized spacial score (nSPS) is 12.1. The van der Waals surface area contributed by atoms with Crippen molar-refractivity contribution < 1.29 is 9.59 Å². The van der Waals surface area contributed by atoms with Gasteiger partial charge in [-0.2, -0.15) is 0 Å². The molecule has 3 nitrogen and oxygen atoms in total. The number of nitrogens with two attached hydrogens (primary N) is 1. The molecule has 0 bridgehead atoms. The van der Waals surface area contributed by atoms with Crippen LogP contribution in [0.15, 0.2) is 24.3 Å². The molecular weight excluding hydrogens is 238 g/mol. The average molecular weight is 254 g/mol. The number of alkyl halides is 1. The smallest absolute Gasteiger partial charge is 0.224 e. The third-order valence-electron chi connectivity index (χ3n) is 2.70. The molecule has 1 aromatic carbocycles. The minimum Gasteiger partial charge on any atom is -0.369 e. The van der Waals surface area contributed by atoms with E-state index in [0.717, 1.165) is 5.56 Å². The van der Waals surface area contributed by atoms with Gasteiger partial charge in [-0.05, 0) is 18.9 Å². The highest BCUT2D eigenvalue weighted by Crippen LogP contribution is 2.16. The fourth-order valence-electron chi connectivity index (χ4n) is 1.49. The van der Waals surface area contributed by atoms with E-state index in [2.05, 4.69) is 0 Å². The van der Waals surface area contributed by atoms with Crippen molar-refractivity contribution in [3.8, 4) is 0 Å². The van der Waals surface area contributed by atoms with Gasteiger partial charge in [0.1, 0.15) is 0 Å². The van der Waals surface area contributed by atoms with Gasteiger partial charge < -0.3 is 5.73 Å². The lowest BCUT2D eigenvalue weighted by atomic mass is 9.97. The van der Waals surface area contributed by atoms with E-state index in [0.29, 0.717) is 24.3 Å². The van der Waals surface area contributed by atoms with Gasteiger partial charge in [-0.25, -0.2) is 0 Å². The summed E-state index contributed by atoms with van der Waals surface area (Å²) in [6.07, 6.45) is 1.13. The molecular formula is C13H16ClNO2. The van der Waals surface area contributed by atoms with Gasteiger partial charge >= 0.3 is 0 Å². The third kappa shape index (κ3) is 3.86. The monoisotopic (exact) mass is 253 g/mol. The molecule has 0 spiro atoms. The van der Waals surface area contributed by atoms with Crippen molar-refractivity contribution in [3.63, 3.8) is 0 Å². The van der Waals surface area contributed by atoms with E-state index in [1.54, 1.807) is 31.2 Å². The molecule has 4 heteroatoms. The van der Waals surface area contributed by atoms with Crippen molar-refractivity contribution >= 4 is 23.3 Å². The van der Waals surface area contributed by atoms with Crippen LogP contribution in [-0.2, 0) is 4.79 Å². The van der Waals surface area contributed by atoms with Crippen LogP contribution in [0.1, 0.15) is 41.6 Å². The molecule has 1 amide bonds. The molecule has 0 saturated heterocycles. The van der Waals surface area contributed by atoms with Crippen molar-refractivity contribution in [1.82, 2.24) is 0 Å². The molecule has 0 radical (unpaired) electrons. The van der Waals surface area contributed by atoms with Gasteiger partial charge in [0.2, 0.25) is 5.91 Å². The number of rotatable bonds is 6. The van der Waals surface area contributed by atoms with Crippen molar-refractivity contribution in [2.45, 2.75) is 25.7 Å². The molecule has 1 atom stereocenters. The number of halogens is 1. The second kappa shape index (κ2) is 6.40. The summed E-state index contributed by atoms with van der Waals surface area (Å²) in [4.78, 5) is 22.7. The van der Waals surface area contributed by atoms with E-state index in [9.17, 15) is 9.59 Å². The molecule has 17 heavy (non-hydrogen) atoms. The summed E-state index contributed by atoms with van der Waals surface area (Å²) in [6.45, 7) is 1.74. The Morgan fingerprint density at radius 3 is 2.35 bits per heavy atom. The highest BCUT2D eigenvalue weighted by Gasteiger charge is 2.12. The SMILES string of the molecule is CC(C(N)=O)c1ccc(C(=O)CCCCl)cc1. The molecule has 2 N–H and O–H groups in total. The minimum absolute atomic E-state index is 0.0731. The Bertz CT molecular complexity index is 400. The maximum Gasteiger partial charge on any atom is 0.224 e. The summed E-state index contributed by atoms with van der Waals surface area (Å²) >= 11 is 5.53. The van der Waals surface area contributed by atoms with Crippen molar-refractivity contribution in [1.29, 1.82) is 0 Å². The molecule has 0 saturated carbocycles. The zero-order valence-electron chi connectivity index (χ0n) is 9.78. The Morgan fingerprint density at radius 1 is 1.29 bits per heavy atom. The van der Waals surface area contributed by atoms with Gasteiger partial charge in [0.05, 0.1) is 5.92 Å². The number of amides is 1. The Morgan fingerprint density at radius 2 is 1.88 bits per heavy atom. The first-order valence-corrected chi connectivity index (χ1v) is 6.08. The van der Waals surface area contributed by atoms with Crippen molar-refractivity contribution in [3.05, 3.63) is 35.4 Å². The van der Waals surface area contributed by atoms with Gasteiger partial charge in [-0.1, -0.05) is 24.3 Å². The Hall–Kier alpha value is -1.35. The van der Waals surface area contributed by atoms with Crippen LogP contribution in [0.5, 0.6) is 0 Å². The van der Waals surface area contributed by atoms with Crippen LogP contribution in [0.25, 0.3) is 0 Å². The van der Waals surface area contributed by atoms with E-state index in [1.165, 1.54) is 0 Å². The predicted octanol–water partition coefficient (Wildman–Crippen LogP) is 2.48. The van der Waals surface area contributed by atoms with Gasteiger partial charge in [0, 0.05) is 17.9 Å². The lowest BCUT2D eigenvalue weighted by Gasteiger charge is -2.08. The average Bonchev–Trinajstić information content (AvgIpc) is 2.35. The highest BCUT2D eigenvalue weighted by molar-refractivity contribution is 6.18. The van der Waals surface area contributed by atoms with E-state index in [1.807, 2.05) is 0 Å². The van der Waals surface area contributed by atoms with Crippen LogP contribution in [0.2, 0.25) is 0 Å². The predicted molar refractivity (Wildman–Crippen MR) is 68.3 cm³/mol. The van der Waals surface area contributed by atoms with E-state index >= 15 is 0 Å². The topological polar surface area (TPSA) is 60.2 Å². The van der Waals surface area contributed by atoms with E-state index in [4.69, 9.17) is 17.3 Å². The molecule has 1 aromatic rings. The zero-order valence-corrected chi connectivity index (χ0v) is 10.5. The number of ketones is 1.